The molecule has 0 aliphatic heterocycles. The van der Waals surface area contributed by atoms with Crippen LogP contribution < -0.4 is 10.6 Å². The van der Waals surface area contributed by atoms with E-state index in [1.165, 1.54) is 11.6 Å². The Morgan fingerprint density at radius 3 is 2.46 bits per heavy atom. The molecule has 0 aromatic heterocycles. The second-order valence-electron chi connectivity index (χ2n) is 6.45. The molecule has 0 radical (unpaired) electrons. The van der Waals surface area contributed by atoms with Crippen molar-refractivity contribution in [2.45, 2.75) is 26.7 Å². The standard InChI is InChI=1S/C22H26N2O2/c1-17(2)15-22(26)24-20-10-6-9-19(16-20)21(25)12-14-23-13-11-18-7-4-3-5-8-18/h3-10,15-16,23H,11-14H2,1-2H3,(H,24,26). The molecule has 0 unspecified atom stereocenters. The van der Waals surface area contributed by atoms with Gasteiger partial charge in [0.25, 0.3) is 0 Å². The zero-order valence-electron chi connectivity index (χ0n) is 15.4. The Morgan fingerprint density at radius 2 is 1.73 bits per heavy atom. The first-order valence-electron chi connectivity index (χ1n) is 8.88. The van der Waals surface area contributed by atoms with E-state index in [4.69, 9.17) is 0 Å². The van der Waals surface area contributed by atoms with Gasteiger partial charge in [-0.3, -0.25) is 9.59 Å². The van der Waals surface area contributed by atoms with Crippen molar-refractivity contribution in [1.82, 2.24) is 5.32 Å². The van der Waals surface area contributed by atoms with Gasteiger partial charge in [0, 0.05) is 30.3 Å². The molecule has 1 amide bonds. The molecule has 0 aliphatic rings. The topological polar surface area (TPSA) is 58.2 Å². The highest BCUT2D eigenvalue weighted by atomic mass is 16.1. The summed E-state index contributed by atoms with van der Waals surface area (Å²) < 4.78 is 0. The fourth-order valence-corrected chi connectivity index (χ4v) is 2.56. The molecule has 136 valence electrons. The van der Waals surface area contributed by atoms with Crippen LogP contribution in [0.25, 0.3) is 0 Å². The van der Waals surface area contributed by atoms with Crippen LogP contribution in [0.1, 0.15) is 36.2 Å². The van der Waals surface area contributed by atoms with Crippen molar-refractivity contribution in [2.24, 2.45) is 0 Å². The molecule has 26 heavy (non-hydrogen) atoms. The second-order valence-corrected chi connectivity index (χ2v) is 6.45. The average molecular weight is 350 g/mol. The van der Waals surface area contributed by atoms with Crippen molar-refractivity contribution in [1.29, 1.82) is 0 Å². The Labute approximate surface area is 155 Å². The van der Waals surface area contributed by atoms with Crippen LogP contribution in [-0.2, 0) is 11.2 Å². The maximum absolute atomic E-state index is 12.3. The molecule has 0 bridgehead atoms. The number of amides is 1. The molecular weight excluding hydrogens is 324 g/mol. The summed E-state index contributed by atoms with van der Waals surface area (Å²) in [7, 11) is 0. The lowest BCUT2D eigenvalue weighted by molar-refractivity contribution is -0.111. The van der Waals surface area contributed by atoms with Gasteiger partial charge in [-0.25, -0.2) is 0 Å². The molecule has 0 atom stereocenters. The maximum Gasteiger partial charge on any atom is 0.248 e. The summed E-state index contributed by atoms with van der Waals surface area (Å²) in [5.74, 6) is -0.118. The third-order valence-electron chi connectivity index (χ3n) is 3.83. The lowest BCUT2D eigenvalue weighted by Gasteiger charge is -2.07. The quantitative estimate of drug-likeness (QED) is 0.408. The van der Waals surface area contributed by atoms with Crippen molar-refractivity contribution >= 4 is 17.4 Å². The Morgan fingerprint density at radius 1 is 0.962 bits per heavy atom. The predicted octanol–water partition coefficient (Wildman–Crippen LogP) is 4.00. The highest BCUT2D eigenvalue weighted by Gasteiger charge is 2.07. The van der Waals surface area contributed by atoms with Crippen LogP contribution in [0.5, 0.6) is 0 Å². The fraction of sp³-hybridized carbons (Fsp3) is 0.273. The van der Waals surface area contributed by atoms with Gasteiger partial charge in [-0.1, -0.05) is 48.0 Å². The minimum Gasteiger partial charge on any atom is -0.322 e. The summed E-state index contributed by atoms with van der Waals surface area (Å²) in [5.41, 5.74) is 3.46. The number of carbonyl (C=O) groups is 2. The number of Topliss-reactive ketones (excluding diaryl/α,β-unsaturated/α-hetero) is 1. The van der Waals surface area contributed by atoms with Crippen LogP contribution in [0.3, 0.4) is 0 Å². The molecule has 2 aromatic carbocycles. The normalized spacial score (nSPS) is 10.2. The summed E-state index contributed by atoms with van der Waals surface area (Å²) in [6.07, 6.45) is 2.91. The lowest BCUT2D eigenvalue weighted by atomic mass is 10.1. The summed E-state index contributed by atoms with van der Waals surface area (Å²) in [4.78, 5) is 24.1. The molecule has 2 N–H and O–H groups in total. The third kappa shape index (κ3) is 7.03. The molecule has 0 heterocycles. The first kappa shape index (κ1) is 19.6. The minimum absolute atomic E-state index is 0.0653. The average Bonchev–Trinajstić information content (AvgIpc) is 2.61. The van der Waals surface area contributed by atoms with Crippen molar-refractivity contribution in [3.8, 4) is 0 Å². The van der Waals surface area contributed by atoms with E-state index in [9.17, 15) is 9.59 Å². The van der Waals surface area contributed by atoms with Gasteiger partial charge in [0.05, 0.1) is 0 Å². The summed E-state index contributed by atoms with van der Waals surface area (Å²) in [6, 6.07) is 17.3. The SMILES string of the molecule is CC(C)=CC(=O)Nc1cccc(C(=O)CCNCCc2ccccc2)c1. The van der Waals surface area contributed by atoms with E-state index in [-0.39, 0.29) is 11.7 Å². The van der Waals surface area contributed by atoms with Crippen molar-refractivity contribution in [3.05, 3.63) is 77.4 Å². The van der Waals surface area contributed by atoms with E-state index in [1.54, 1.807) is 24.3 Å². The van der Waals surface area contributed by atoms with Gasteiger partial charge in [-0.15, -0.1) is 0 Å². The molecule has 2 aromatic rings. The monoisotopic (exact) mass is 350 g/mol. The fourth-order valence-electron chi connectivity index (χ4n) is 2.56. The minimum atomic E-state index is -0.183. The molecule has 4 heteroatoms. The molecule has 4 nitrogen and oxygen atoms in total. The zero-order chi connectivity index (χ0) is 18.8. The molecule has 2 rings (SSSR count). The number of anilines is 1. The Bertz CT molecular complexity index is 763. The number of rotatable bonds is 9. The Balaban J connectivity index is 1.77. The van der Waals surface area contributed by atoms with Gasteiger partial charge in [0.2, 0.25) is 5.91 Å². The number of hydrogen-bond donors (Lipinski definition) is 2. The van der Waals surface area contributed by atoms with Crippen LogP contribution in [0.4, 0.5) is 5.69 Å². The van der Waals surface area contributed by atoms with E-state index in [0.29, 0.717) is 24.2 Å². The predicted molar refractivity (Wildman–Crippen MR) is 106 cm³/mol. The summed E-state index contributed by atoms with van der Waals surface area (Å²) in [6.45, 7) is 5.21. The van der Waals surface area contributed by atoms with Gasteiger partial charge in [0.1, 0.15) is 0 Å². The number of carbonyl (C=O) groups excluding carboxylic acids is 2. The Kier molecular flexibility index (Phi) is 7.77. The van der Waals surface area contributed by atoms with Crippen molar-refractivity contribution in [2.75, 3.05) is 18.4 Å². The molecular formula is C22H26N2O2. The smallest absolute Gasteiger partial charge is 0.248 e. The highest BCUT2D eigenvalue weighted by Crippen LogP contribution is 2.12. The van der Waals surface area contributed by atoms with Crippen LogP contribution in [0.2, 0.25) is 0 Å². The molecule has 0 saturated carbocycles. The molecule has 0 fully saturated rings. The number of allylic oxidation sites excluding steroid dienone is 1. The zero-order valence-corrected chi connectivity index (χ0v) is 15.4. The van der Waals surface area contributed by atoms with Crippen LogP contribution in [0, 0.1) is 0 Å². The first-order chi connectivity index (χ1) is 12.5. The van der Waals surface area contributed by atoms with E-state index >= 15 is 0 Å². The summed E-state index contributed by atoms with van der Waals surface area (Å²) in [5, 5.41) is 6.08. The number of benzene rings is 2. The van der Waals surface area contributed by atoms with E-state index in [1.807, 2.05) is 32.0 Å². The largest absolute Gasteiger partial charge is 0.322 e. The third-order valence-corrected chi connectivity index (χ3v) is 3.83. The van der Waals surface area contributed by atoms with Gasteiger partial charge in [-0.2, -0.15) is 0 Å². The van der Waals surface area contributed by atoms with E-state index in [2.05, 4.69) is 22.8 Å². The second kappa shape index (κ2) is 10.3. The van der Waals surface area contributed by atoms with Crippen molar-refractivity contribution < 1.29 is 9.59 Å². The van der Waals surface area contributed by atoms with Crippen LogP contribution in [-0.4, -0.2) is 24.8 Å². The van der Waals surface area contributed by atoms with Gasteiger partial charge >= 0.3 is 0 Å². The number of nitrogens with one attached hydrogen (secondary N) is 2. The van der Waals surface area contributed by atoms with Crippen LogP contribution in [0.15, 0.2) is 66.2 Å². The Hall–Kier alpha value is -2.72. The van der Waals surface area contributed by atoms with Gasteiger partial charge in [-0.05, 0) is 44.5 Å². The molecule has 0 spiro atoms. The first-order valence-corrected chi connectivity index (χ1v) is 8.88. The number of ketones is 1. The van der Waals surface area contributed by atoms with Crippen molar-refractivity contribution in [3.63, 3.8) is 0 Å². The lowest BCUT2D eigenvalue weighted by Crippen LogP contribution is -2.21. The van der Waals surface area contributed by atoms with Gasteiger partial charge in [0.15, 0.2) is 5.78 Å². The maximum atomic E-state index is 12.3. The van der Waals surface area contributed by atoms with Gasteiger partial charge < -0.3 is 10.6 Å². The molecule has 0 aliphatic carbocycles. The summed E-state index contributed by atoms with van der Waals surface area (Å²) >= 11 is 0. The van der Waals surface area contributed by atoms with Crippen LogP contribution >= 0.6 is 0 Å². The molecule has 0 saturated heterocycles. The highest BCUT2D eigenvalue weighted by molar-refractivity contribution is 6.01. The van der Waals surface area contributed by atoms with E-state index in [0.717, 1.165) is 18.5 Å². The number of hydrogen-bond acceptors (Lipinski definition) is 3. The van der Waals surface area contributed by atoms with E-state index < -0.39 is 0 Å².